The Bertz CT molecular complexity index is 356. The van der Waals surface area contributed by atoms with Crippen LogP contribution in [0, 0.1) is 0 Å². The molecule has 1 aliphatic rings. The van der Waals surface area contributed by atoms with Gasteiger partial charge < -0.3 is 5.32 Å². The summed E-state index contributed by atoms with van der Waals surface area (Å²) in [5.41, 5.74) is 1.28. The Morgan fingerprint density at radius 2 is 2.17 bits per heavy atom. The van der Waals surface area contributed by atoms with Gasteiger partial charge in [-0.25, -0.2) is 0 Å². The van der Waals surface area contributed by atoms with E-state index in [2.05, 4.69) is 40.3 Å². The lowest BCUT2D eigenvalue weighted by molar-refractivity contribution is 0.180. The Labute approximate surface area is 110 Å². The summed E-state index contributed by atoms with van der Waals surface area (Å²) in [5.74, 6) is 0. The Kier molecular flexibility index (Phi) is 4.74. The van der Waals surface area contributed by atoms with Gasteiger partial charge >= 0.3 is 0 Å². The summed E-state index contributed by atoms with van der Waals surface area (Å²) in [6, 6.07) is 2.52. The molecule has 1 unspecified atom stereocenters. The molecule has 0 spiro atoms. The third-order valence-electron chi connectivity index (χ3n) is 3.93. The van der Waals surface area contributed by atoms with Gasteiger partial charge in [0.1, 0.15) is 0 Å². The lowest BCUT2D eigenvalue weighted by atomic mass is 10.2. The molecule has 2 heterocycles. The van der Waals surface area contributed by atoms with Gasteiger partial charge in [0, 0.05) is 58.6 Å². The number of aromatic nitrogens is 2. The van der Waals surface area contributed by atoms with E-state index in [4.69, 9.17) is 0 Å². The predicted molar refractivity (Wildman–Crippen MR) is 73.6 cm³/mol. The van der Waals surface area contributed by atoms with Crippen LogP contribution in [0.4, 0.5) is 0 Å². The highest BCUT2D eigenvalue weighted by Gasteiger charge is 2.16. The molecule has 0 aliphatic carbocycles. The molecule has 0 radical (unpaired) electrons. The van der Waals surface area contributed by atoms with Crippen LogP contribution in [0.25, 0.3) is 0 Å². The Morgan fingerprint density at radius 1 is 1.44 bits per heavy atom. The summed E-state index contributed by atoms with van der Waals surface area (Å²) in [4.78, 5) is 4.93. The SMILES string of the molecule is CC(c1ccnn1C)N(C)CCN1CCNCC1. The molecule has 0 amide bonds. The smallest absolute Gasteiger partial charge is 0.0549 e. The molecule has 1 fully saturated rings. The number of hydrogen-bond donors (Lipinski definition) is 1. The monoisotopic (exact) mass is 251 g/mol. The van der Waals surface area contributed by atoms with Crippen LogP contribution in [0.3, 0.4) is 0 Å². The molecule has 0 saturated carbocycles. The molecule has 0 bridgehead atoms. The van der Waals surface area contributed by atoms with Crippen LogP contribution in [0.15, 0.2) is 12.3 Å². The highest BCUT2D eigenvalue weighted by Crippen LogP contribution is 2.16. The molecule has 1 N–H and O–H groups in total. The van der Waals surface area contributed by atoms with Crippen LogP contribution in [0.1, 0.15) is 18.7 Å². The van der Waals surface area contributed by atoms with Crippen molar-refractivity contribution < 1.29 is 0 Å². The predicted octanol–water partition coefficient (Wildman–Crippen LogP) is 0.318. The van der Waals surface area contributed by atoms with Crippen LogP contribution in [0.2, 0.25) is 0 Å². The Morgan fingerprint density at radius 3 is 2.78 bits per heavy atom. The number of aryl methyl sites for hydroxylation is 1. The van der Waals surface area contributed by atoms with E-state index >= 15 is 0 Å². The largest absolute Gasteiger partial charge is 0.314 e. The summed E-state index contributed by atoms with van der Waals surface area (Å²) < 4.78 is 1.96. The minimum absolute atomic E-state index is 0.417. The quantitative estimate of drug-likeness (QED) is 0.817. The fourth-order valence-electron chi connectivity index (χ4n) is 2.45. The molecule has 0 aromatic carbocycles. The van der Waals surface area contributed by atoms with Crippen LogP contribution in [-0.2, 0) is 7.05 Å². The standard InChI is InChI=1S/C13H25N5/c1-12(13-4-5-15-17(13)3)16(2)10-11-18-8-6-14-7-9-18/h4-5,12,14H,6-11H2,1-3H3. The first-order chi connectivity index (χ1) is 8.68. The van der Waals surface area contributed by atoms with E-state index in [1.807, 2.05) is 17.9 Å². The lowest BCUT2D eigenvalue weighted by Gasteiger charge is -2.31. The molecular formula is C13H25N5. The zero-order valence-electron chi connectivity index (χ0n) is 11.8. The van der Waals surface area contributed by atoms with Crippen molar-refractivity contribution in [3.8, 4) is 0 Å². The summed E-state index contributed by atoms with van der Waals surface area (Å²) in [5, 5.41) is 7.63. The van der Waals surface area contributed by atoms with Crippen molar-refractivity contribution in [1.29, 1.82) is 0 Å². The molecule has 2 rings (SSSR count). The molecular weight excluding hydrogens is 226 g/mol. The molecule has 18 heavy (non-hydrogen) atoms. The Hall–Kier alpha value is -0.910. The van der Waals surface area contributed by atoms with Crippen LogP contribution in [0.5, 0.6) is 0 Å². The summed E-state index contributed by atoms with van der Waals surface area (Å²) >= 11 is 0. The number of likely N-dealkylation sites (N-methyl/N-ethyl adjacent to an activating group) is 1. The van der Waals surface area contributed by atoms with E-state index in [9.17, 15) is 0 Å². The van der Waals surface area contributed by atoms with Crippen LogP contribution < -0.4 is 5.32 Å². The van der Waals surface area contributed by atoms with Crippen molar-refractivity contribution in [2.45, 2.75) is 13.0 Å². The lowest BCUT2D eigenvalue weighted by Crippen LogP contribution is -2.46. The highest BCUT2D eigenvalue weighted by atomic mass is 15.3. The first-order valence-corrected chi connectivity index (χ1v) is 6.79. The second-order valence-corrected chi connectivity index (χ2v) is 5.13. The molecule has 1 atom stereocenters. The van der Waals surface area contributed by atoms with Gasteiger partial charge in [-0.1, -0.05) is 0 Å². The molecule has 1 aliphatic heterocycles. The van der Waals surface area contributed by atoms with Crippen LogP contribution in [-0.4, -0.2) is 65.9 Å². The first-order valence-electron chi connectivity index (χ1n) is 6.79. The van der Waals surface area contributed by atoms with Crippen molar-refractivity contribution in [2.24, 2.45) is 7.05 Å². The average molecular weight is 251 g/mol. The van der Waals surface area contributed by atoms with E-state index in [-0.39, 0.29) is 0 Å². The molecule has 1 aromatic heterocycles. The van der Waals surface area contributed by atoms with Gasteiger partial charge in [-0.2, -0.15) is 5.10 Å². The number of hydrogen-bond acceptors (Lipinski definition) is 4. The normalized spacial score (nSPS) is 19.3. The van der Waals surface area contributed by atoms with Crippen molar-refractivity contribution in [3.63, 3.8) is 0 Å². The number of nitrogens with one attached hydrogen (secondary N) is 1. The maximum Gasteiger partial charge on any atom is 0.0549 e. The minimum Gasteiger partial charge on any atom is -0.314 e. The second-order valence-electron chi connectivity index (χ2n) is 5.13. The highest BCUT2D eigenvalue weighted by molar-refractivity contribution is 5.05. The van der Waals surface area contributed by atoms with Gasteiger partial charge in [-0.05, 0) is 20.0 Å². The maximum atomic E-state index is 4.24. The van der Waals surface area contributed by atoms with Crippen molar-refractivity contribution in [3.05, 3.63) is 18.0 Å². The van der Waals surface area contributed by atoms with E-state index in [1.54, 1.807) is 0 Å². The van der Waals surface area contributed by atoms with Crippen LogP contribution >= 0.6 is 0 Å². The summed E-state index contributed by atoms with van der Waals surface area (Å²) in [6.45, 7) is 9.10. The van der Waals surface area contributed by atoms with Gasteiger partial charge in [-0.3, -0.25) is 14.5 Å². The van der Waals surface area contributed by atoms with E-state index in [1.165, 1.54) is 18.8 Å². The average Bonchev–Trinajstić information content (AvgIpc) is 2.82. The van der Waals surface area contributed by atoms with E-state index < -0.39 is 0 Å². The molecule has 5 nitrogen and oxygen atoms in total. The van der Waals surface area contributed by atoms with E-state index in [0.717, 1.165) is 26.2 Å². The fourth-order valence-corrected chi connectivity index (χ4v) is 2.45. The number of nitrogens with zero attached hydrogens (tertiary/aromatic N) is 4. The molecule has 1 aromatic rings. The minimum atomic E-state index is 0.417. The van der Waals surface area contributed by atoms with Gasteiger partial charge in [0.15, 0.2) is 0 Å². The molecule has 102 valence electrons. The maximum absolute atomic E-state index is 4.24. The van der Waals surface area contributed by atoms with Gasteiger partial charge in [-0.15, -0.1) is 0 Å². The summed E-state index contributed by atoms with van der Waals surface area (Å²) in [7, 11) is 4.20. The van der Waals surface area contributed by atoms with Crippen molar-refractivity contribution in [2.75, 3.05) is 46.3 Å². The zero-order chi connectivity index (χ0) is 13.0. The Balaban J connectivity index is 1.80. The topological polar surface area (TPSA) is 36.3 Å². The van der Waals surface area contributed by atoms with Gasteiger partial charge in [0.25, 0.3) is 0 Å². The van der Waals surface area contributed by atoms with Gasteiger partial charge in [0.2, 0.25) is 0 Å². The first kappa shape index (κ1) is 13.5. The summed E-state index contributed by atoms with van der Waals surface area (Å²) in [6.07, 6.45) is 1.87. The number of piperazine rings is 1. The van der Waals surface area contributed by atoms with Gasteiger partial charge in [0.05, 0.1) is 5.69 Å². The molecule has 5 heteroatoms. The van der Waals surface area contributed by atoms with Crippen molar-refractivity contribution >= 4 is 0 Å². The second kappa shape index (κ2) is 6.31. The third kappa shape index (κ3) is 3.31. The zero-order valence-corrected chi connectivity index (χ0v) is 11.8. The fraction of sp³-hybridized carbons (Fsp3) is 0.769. The van der Waals surface area contributed by atoms with Crippen molar-refractivity contribution in [1.82, 2.24) is 24.9 Å². The number of rotatable bonds is 5. The molecule has 1 saturated heterocycles. The third-order valence-corrected chi connectivity index (χ3v) is 3.93. The van der Waals surface area contributed by atoms with E-state index in [0.29, 0.717) is 6.04 Å².